The third-order valence-corrected chi connectivity index (χ3v) is 9.67. The molecule has 1 saturated carbocycles. The van der Waals surface area contributed by atoms with Crippen molar-refractivity contribution in [2.45, 2.75) is 30.8 Å². The molecule has 1 aliphatic carbocycles. The standard InChI is InChI=1S/C42H43N3O9/c1-27-25-45(41(49)44-39(27)43-40(48)28-11-7-5-8-12-28)35-36(46)34(37(47)38(35)53-24-23-50-2)26-54-42(29-13-9-6-10-14-29,30-15-19-32(51-3)20-16-30)31-17-21-33(52-4)22-18-31/h5-22,25,34-35,37-38,47H,23-24,26H2,1-4H3,(H,43,44,48,49). The van der Waals surface area contributed by atoms with E-state index in [0.29, 0.717) is 22.6 Å². The van der Waals surface area contributed by atoms with Crippen LogP contribution in [0.25, 0.3) is 0 Å². The zero-order valence-corrected chi connectivity index (χ0v) is 30.5. The Kier molecular flexibility index (Phi) is 12.0. The van der Waals surface area contributed by atoms with Gasteiger partial charge in [0.15, 0.2) is 5.78 Å². The maximum absolute atomic E-state index is 14.5. The van der Waals surface area contributed by atoms with Gasteiger partial charge >= 0.3 is 5.69 Å². The number of nitrogens with zero attached hydrogens (tertiary/aromatic N) is 2. The van der Waals surface area contributed by atoms with Crippen LogP contribution in [-0.2, 0) is 24.6 Å². The summed E-state index contributed by atoms with van der Waals surface area (Å²) in [7, 11) is 4.69. The molecule has 0 spiro atoms. The molecule has 1 aliphatic rings. The molecule has 1 aromatic heterocycles. The van der Waals surface area contributed by atoms with Gasteiger partial charge in [0, 0.05) is 24.4 Å². The lowest BCUT2D eigenvalue weighted by Gasteiger charge is -2.37. The number of benzene rings is 4. The molecule has 1 heterocycles. The number of methoxy groups -OCH3 is 3. The highest BCUT2D eigenvalue weighted by atomic mass is 16.5. The quantitative estimate of drug-likeness (QED) is 0.112. The summed E-state index contributed by atoms with van der Waals surface area (Å²) in [5.74, 6) is -0.678. The summed E-state index contributed by atoms with van der Waals surface area (Å²) in [6.45, 7) is 1.65. The third kappa shape index (κ3) is 7.68. The van der Waals surface area contributed by atoms with E-state index < -0.39 is 47.1 Å². The van der Waals surface area contributed by atoms with E-state index in [1.807, 2.05) is 78.9 Å². The third-order valence-electron chi connectivity index (χ3n) is 9.67. The van der Waals surface area contributed by atoms with Crippen molar-refractivity contribution in [2.75, 3.05) is 46.5 Å². The van der Waals surface area contributed by atoms with Gasteiger partial charge in [-0.25, -0.2) is 4.79 Å². The zero-order chi connectivity index (χ0) is 38.2. The highest BCUT2D eigenvalue weighted by molar-refractivity contribution is 6.04. The maximum Gasteiger partial charge on any atom is 0.350 e. The van der Waals surface area contributed by atoms with Crippen LogP contribution in [0.5, 0.6) is 11.5 Å². The Bertz CT molecular complexity index is 2040. The maximum atomic E-state index is 14.5. The molecule has 1 amide bonds. The van der Waals surface area contributed by atoms with Crippen molar-refractivity contribution in [3.63, 3.8) is 0 Å². The Hall–Kier alpha value is -5.66. The van der Waals surface area contributed by atoms with Gasteiger partial charge in [0.1, 0.15) is 35.1 Å². The average Bonchev–Trinajstić information content (AvgIpc) is 3.44. The SMILES string of the molecule is COCCOC1C(O)C(COC(c2ccccc2)(c2ccc(OC)cc2)c2ccc(OC)cc2)C(=O)C1n1cc(C)c(NC(=O)c2ccccc2)nc1=O. The van der Waals surface area contributed by atoms with Crippen molar-refractivity contribution in [1.82, 2.24) is 9.55 Å². The Morgan fingerprint density at radius 3 is 1.91 bits per heavy atom. The minimum Gasteiger partial charge on any atom is -0.497 e. The number of ketones is 1. The normalized spacial score (nSPS) is 18.4. The van der Waals surface area contributed by atoms with Gasteiger partial charge in [-0.2, -0.15) is 4.98 Å². The van der Waals surface area contributed by atoms with Crippen LogP contribution >= 0.6 is 0 Å². The molecule has 280 valence electrons. The number of carbonyl (C=O) groups is 2. The van der Waals surface area contributed by atoms with Gasteiger partial charge in [-0.15, -0.1) is 0 Å². The summed E-state index contributed by atoms with van der Waals surface area (Å²) in [4.78, 5) is 45.2. The molecule has 4 atom stereocenters. The summed E-state index contributed by atoms with van der Waals surface area (Å²) >= 11 is 0. The van der Waals surface area contributed by atoms with Crippen molar-refractivity contribution in [2.24, 2.45) is 5.92 Å². The van der Waals surface area contributed by atoms with E-state index in [0.717, 1.165) is 21.3 Å². The number of ether oxygens (including phenoxy) is 5. The number of rotatable bonds is 15. The van der Waals surface area contributed by atoms with E-state index >= 15 is 0 Å². The van der Waals surface area contributed by atoms with Crippen LogP contribution < -0.4 is 20.5 Å². The molecule has 12 heteroatoms. The van der Waals surface area contributed by atoms with Crippen LogP contribution in [0.4, 0.5) is 5.82 Å². The van der Waals surface area contributed by atoms with E-state index in [2.05, 4.69) is 10.3 Å². The van der Waals surface area contributed by atoms with E-state index in [1.54, 1.807) is 51.5 Å². The summed E-state index contributed by atoms with van der Waals surface area (Å²) in [6.07, 6.45) is -1.06. The Labute approximate surface area is 313 Å². The van der Waals surface area contributed by atoms with Crippen molar-refractivity contribution < 1.29 is 38.4 Å². The number of nitrogens with one attached hydrogen (secondary N) is 1. The summed E-state index contributed by atoms with van der Waals surface area (Å²) < 4.78 is 30.3. The van der Waals surface area contributed by atoms with Crippen LogP contribution in [0.2, 0.25) is 0 Å². The number of aliphatic hydroxyl groups excluding tert-OH is 1. The lowest BCUT2D eigenvalue weighted by molar-refractivity contribution is -0.128. The average molecular weight is 734 g/mol. The van der Waals surface area contributed by atoms with Gasteiger partial charge in [-0.3, -0.25) is 14.2 Å². The molecule has 4 unspecified atom stereocenters. The Morgan fingerprint density at radius 2 is 1.35 bits per heavy atom. The molecule has 5 aromatic rings. The predicted molar refractivity (Wildman–Crippen MR) is 201 cm³/mol. The van der Waals surface area contributed by atoms with Crippen LogP contribution in [0.3, 0.4) is 0 Å². The van der Waals surface area contributed by atoms with Crippen molar-refractivity contribution >= 4 is 17.5 Å². The second-order valence-corrected chi connectivity index (χ2v) is 12.9. The first-order valence-corrected chi connectivity index (χ1v) is 17.5. The van der Waals surface area contributed by atoms with Crippen molar-refractivity contribution in [1.29, 1.82) is 0 Å². The Morgan fingerprint density at radius 1 is 0.796 bits per heavy atom. The number of aliphatic hydroxyl groups is 1. The molecule has 2 N–H and O–H groups in total. The molecule has 0 aliphatic heterocycles. The van der Waals surface area contributed by atoms with Gasteiger partial charge in [-0.1, -0.05) is 72.8 Å². The lowest BCUT2D eigenvalue weighted by atomic mass is 9.79. The molecular formula is C42H43N3O9. The van der Waals surface area contributed by atoms with E-state index in [4.69, 9.17) is 23.7 Å². The molecule has 4 aromatic carbocycles. The van der Waals surface area contributed by atoms with Gasteiger partial charge < -0.3 is 34.1 Å². The summed E-state index contributed by atoms with van der Waals surface area (Å²) in [5.41, 5.74) is 1.01. The van der Waals surface area contributed by atoms with E-state index in [1.165, 1.54) is 13.3 Å². The Balaban J connectivity index is 1.38. The number of aromatic nitrogens is 2. The van der Waals surface area contributed by atoms with Gasteiger partial charge in [0.2, 0.25) is 0 Å². The first-order chi connectivity index (χ1) is 26.2. The highest BCUT2D eigenvalue weighted by Gasteiger charge is 2.53. The fraction of sp³-hybridized carbons (Fsp3) is 0.286. The van der Waals surface area contributed by atoms with Crippen molar-refractivity contribution in [3.8, 4) is 11.5 Å². The molecule has 0 saturated heterocycles. The number of Topliss-reactive ketones (excluding diaryl/α,β-unsaturated/α-hetero) is 1. The summed E-state index contributed by atoms with van der Waals surface area (Å²) in [6, 6.07) is 31.8. The summed E-state index contributed by atoms with van der Waals surface area (Å²) in [5, 5.41) is 14.5. The number of aryl methyl sites for hydroxylation is 1. The smallest absolute Gasteiger partial charge is 0.350 e. The van der Waals surface area contributed by atoms with Crippen LogP contribution in [0.15, 0.2) is 120 Å². The number of amides is 1. The molecule has 0 bridgehead atoms. The molecule has 0 radical (unpaired) electrons. The van der Waals surface area contributed by atoms with Crippen LogP contribution in [-0.4, -0.2) is 79.7 Å². The lowest BCUT2D eigenvalue weighted by Crippen LogP contribution is -2.39. The predicted octanol–water partition coefficient (Wildman–Crippen LogP) is 4.96. The number of hydrogen-bond acceptors (Lipinski definition) is 10. The minimum absolute atomic E-state index is 0.0492. The second kappa shape index (κ2) is 17.0. The number of carbonyl (C=O) groups excluding carboxylic acids is 2. The van der Waals surface area contributed by atoms with Gasteiger partial charge in [0.25, 0.3) is 5.91 Å². The fourth-order valence-electron chi connectivity index (χ4n) is 6.85. The van der Waals surface area contributed by atoms with Gasteiger partial charge in [-0.05, 0) is 60.0 Å². The van der Waals surface area contributed by atoms with Gasteiger partial charge in [0.05, 0.1) is 46.1 Å². The molecule has 54 heavy (non-hydrogen) atoms. The van der Waals surface area contributed by atoms with Crippen molar-refractivity contribution in [3.05, 3.63) is 154 Å². The topological polar surface area (TPSA) is 147 Å². The van der Waals surface area contributed by atoms with E-state index in [9.17, 15) is 19.5 Å². The monoisotopic (exact) mass is 733 g/mol. The van der Waals surface area contributed by atoms with E-state index in [-0.39, 0.29) is 25.6 Å². The molecule has 12 nitrogen and oxygen atoms in total. The molecule has 1 fully saturated rings. The number of anilines is 1. The number of hydrogen-bond donors (Lipinski definition) is 2. The first kappa shape index (κ1) is 38.1. The zero-order valence-electron chi connectivity index (χ0n) is 30.5. The minimum atomic E-state index is -1.37. The fourth-order valence-corrected chi connectivity index (χ4v) is 6.85. The molecule has 6 rings (SSSR count). The first-order valence-electron chi connectivity index (χ1n) is 17.5. The van der Waals surface area contributed by atoms with Crippen LogP contribution in [0.1, 0.15) is 38.7 Å². The highest BCUT2D eigenvalue weighted by Crippen LogP contribution is 2.43. The van der Waals surface area contributed by atoms with Crippen LogP contribution in [0, 0.1) is 12.8 Å². The molecular weight excluding hydrogens is 690 g/mol. The largest absolute Gasteiger partial charge is 0.497 e. The second-order valence-electron chi connectivity index (χ2n) is 12.9.